The molecular weight excluding hydrogens is 380 g/mol. The lowest BCUT2D eigenvalue weighted by atomic mass is 9.94. The number of amides is 1. The summed E-state index contributed by atoms with van der Waals surface area (Å²) in [4.78, 5) is 47.4. The highest BCUT2D eigenvalue weighted by Crippen LogP contribution is 2.18. The number of aryl methyl sites for hydroxylation is 1. The third-order valence-corrected chi connectivity index (χ3v) is 4.54. The Morgan fingerprint density at radius 3 is 2.76 bits per heavy atom. The predicted octanol–water partition coefficient (Wildman–Crippen LogP) is 2.25. The van der Waals surface area contributed by atoms with Gasteiger partial charge in [0.1, 0.15) is 5.39 Å². The van der Waals surface area contributed by atoms with Gasteiger partial charge in [-0.2, -0.15) is 4.98 Å². The Morgan fingerprint density at radius 2 is 2.10 bits per heavy atom. The van der Waals surface area contributed by atoms with Crippen LogP contribution in [0, 0.1) is 0 Å². The maximum atomic E-state index is 12.3. The molecule has 2 N–H and O–H groups in total. The van der Waals surface area contributed by atoms with Crippen LogP contribution in [0.1, 0.15) is 52.0 Å². The van der Waals surface area contributed by atoms with Gasteiger partial charge in [0.15, 0.2) is 0 Å². The molecule has 0 radical (unpaired) electrons. The van der Waals surface area contributed by atoms with Crippen molar-refractivity contribution in [2.75, 3.05) is 0 Å². The molecule has 0 spiro atoms. The van der Waals surface area contributed by atoms with Crippen molar-refractivity contribution in [2.45, 2.75) is 65.0 Å². The van der Waals surface area contributed by atoms with Gasteiger partial charge in [0.25, 0.3) is 5.56 Å². The molecule has 0 bridgehead atoms. The molecule has 2 aromatic rings. The summed E-state index contributed by atoms with van der Waals surface area (Å²) < 4.78 is 10.1. The van der Waals surface area contributed by atoms with E-state index >= 15 is 0 Å². The molecule has 2 aromatic heterocycles. The number of hydrogen-bond donors (Lipinski definition) is 2. The van der Waals surface area contributed by atoms with Gasteiger partial charge in [0, 0.05) is 12.1 Å². The Morgan fingerprint density at radius 1 is 1.38 bits per heavy atom. The summed E-state index contributed by atoms with van der Waals surface area (Å²) in [6.07, 6.45) is 2.55. The molecule has 2 heterocycles. The van der Waals surface area contributed by atoms with E-state index in [1.807, 2.05) is 6.92 Å². The van der Waals surface area contributed by atoms with Crippen molar-refractivity contribution in [1.29, 1.82) is 0 Å². The van der Waals surface area contributed by atoms with Crippen LogP contribution in [-0.4, -0.2) is 33.9 Å². The Hall–Kier alpha value is -3.17. The first-order valence-electron chi connectivity index (χ1n) is 9.62. The van der Waals surface area contributed by atoms with Gasteiger partial charge in [0.05, 0.1) is 11.8 Å². The topological polar surface area (TPSA) is 136 Å². The number of nitrogens with zero attached hydrogens (tertiary/aromatic N) is 2. The zero-order valence-corrected chi connectivity index (χ0v) is 16.6. The Bertz CT molecular complexity index is 1030. The van der Waals surface area contributed by atoms with Crippen molar-refractivity contribution in [3.05, 3.63) is 32.4 Å². The van der Waals surface area contributed by atoms with E-state index in [2.05, 4.69) is 20.4 Å². The fourth-order valence-electron chi connectivity index (χ4n) is 3.16. The van der Waals surface area contributed by atoms with Crippen molar-refractivity contribution in [1.82, 2.24) is 15.3 Å². The van der Waals surface area contributed by atoms with Crippen molar-refractivity contribution in [3.8, 4) is 6.01 Å². The van der Waals surface area contributed by atoms with E-state index in [9.17, 15) is 14.4 Å². The second-order valence-corrected chi connectivity index (χ2v) is 7.12. The molecule has 0 aromatic carbocycles. The minimum absolute atomic E-state index is 0.0144. The summed E-state index contributed by atoms with van der Waals surface area (Å²) in [7, 11) is 0. The molecule has 29 heavy (non-hydrogen) atoms. The molecule has 10 nitrogen and oxygen atoms in total. The minimum Gasteiger partial charge on any atom is -0.447 e. The summed E-state index contributed by atoms with van der Waals surface area (Å²) in [6, 6.07) is 1.15. The monoisotopic (exact) mass is 404 g/mol. The molecule has 1 saturated carbocycles. The van der Waals surface area contributed by atoms with Gasteiger partial charge < -0.3 is 19.3 Å². The highest BCUT2D eigenvalue weighted by molar-refractivity contribution is 5.85. The number of fused-ring (bicyclic) bond motifs is 1. The molecule has 0 aliphatic heterocycles. The second kappa shape index (κ2) is 8.89. The lowest BCUT2D eigenvalue weighted by molar-refractivity contribution is 0.111. The van der Waals surface area contributed by atoms with Crippen LogP contribution in [0.5, 0.6) is 6.01 Å². The van der Waals surface area contributed by atoms with E-state index in [4.69, 9.17) is 14.0 Å². The van der Waals surface area contributed by atoms with E-state index in [0.717, 1.165) is 5.71 Å². The highest BCUT2D eigenvalue weighted by Gasteiger charge is 2.21. The molecule has 10 heteroatoms. The average molecular weight is 404 g/mol. The van der Waals surface area contributed by atoms with Crippen LogP contribution in [0.2, 0.25) is 0 Å². The van der Waals surface area contributed by atoms with E-state index in [1.54, 1.807) is 13.8 Å². The summed E-state index contributed by atoms with van der Waals surface area (Å²) in [5, 5.41) is 7.11. The highest BCUT2D eigenvalue weighted by atomic mass is 16.6. The fraction of sp³-hybridized carbons (Fsp3) is 0.526. The quantitative estimate of drug-likeness (QED) is 0.729. The van der Waals surface area contributed by atoms with Crippen molar-refractivity contribution < 1.29 is 18.8 Å². The number of hydrogen-bond acceptors (Lipinski definition) is 8. The first-order chi connectivity index (χ1) is 13.9. The molecule has 156 valence electrons. The molecule has 3 rings (SSSR count). The normalized spacial score (nSPS) is 16.7. The third-order valence-electron chi connectivity index (χ3n) is 4.54. The van der Waals surface area contributed by atoms with Gasteiger partial charge in [-0.25, -0.2) is 9.59 Å². The lowest BCUT2D eigenvalue weighted by Gasteiger charge is -2.23. The Labute approximate surface area is 166 Å². The SMILES string of the molecule is CCc1cc(=O)oc2nc(ON=C3CCC(NC(=O)OC(C)C)CC3)[nH]c(=O)c12. The van der Waals surface area contributed by atoms with E-state index in [-0.39, 0.29) is 29.3 Å². The van der Waals surface area contributed by atoms with Crippen LogP contribution < -0.4 is 21.3 Å². The zero-order chi connectivity index (χ0) is 21.0. The number of H-pyrrole nitrogens is 1. The Kier molecular flexibility index (Phi) is 6.30. The predicted molar refractivity (Wildman–Crippen MR) is 105 cm³/mol. The van der Waals surface area contributed by atoms with Crippen LogP contribution in [-0.2, 0) is 11.2 Å². The molecule has 1 aliphatic rings. The van der Waals surface area contributed by atoms with Gasteiger partial charge in [-0.3, -0.25) is 9.78 Å². The van der Waals surface area contributed by atoms with E-state index < -0.39 is 17.3 Å². The zero-order valence-electron chi connectivity index (χ0n) is 16.6. The summed E-state index contributed by atoms with van der Waals surface area (Å²) in [5.41, 5.74) is 0.232. The first kappa shape index (κ1) is 20.6. The van der Waals surface area contributed by atoms with Crippen molar-refractivity contribution >= 4 is 22.9 Å². The van der Waals surface area contributed by atoms with Crippen LogP contribution in [0.25, 0.3) is 11.1 Å². The summed E-state index contributed by atoms with van der Waals surface area (Å²) >= 11 is 0. The number of oxime groups is 1. The average Bonchev–Trinajstić information content (AvgIpc) is 2.65. The molecule has 1 aliphatic carbocycles. The molecule has 0 atom stereocenters. The Balaban J connectivity index is 1.65. The number of carbonyl (C=O) groups is 1. The number of nitrogens with one attached hydrogen (secondary N) is 2. The number of aromatic nitrogens is 2. The smallest absolute Gasteiger partial charge is 0.407 e. The van der Waals surface area contributed by atoms with E-state index in [0.29, 0.717) is 37.7 Å². The summed E-state index contributed by atoms with van der Waals surface area (Å²) in [5.74, 6) is 0. The first-order valence-corrected chi connectivity index (χ1v) is 9.62. The molecule has 0 unspecified atom stereocenters. The minimum atomic E-state index is -0.577. The third kappa shape index (κ3) is 5.21. The van der Waals surface area contributed by atoms with Gasteiger partial charge >= 0.3 is 17.7 Å². The fourth-order valence-corrected chi connectivity index (χ4v) is 3.16. The van der Waals surface area contributed by atoms with Crippen molar-refractivity contribution in [3.63, 3.8) is 0 Å². The van der Waals surface area contributed by atoms with E-state index in [1.165, 1.54) is 6.07 Å². The van der Waals surface area contributed by atoms with Gasteiger partial charge in [-0.15, -0.1) is 0 Å². The number of alkyl carbamates (subject to hydrolysis) is 1. The molecule has 1 fully saturated rings. The van der Waals surface area contributed by atoms with Crippen LogP contribution in [0.15, 0.2) is 25.2 Å². The standard InChI is InChI=1S/C19H24N4O6/c1-4-11-9-14(24)28-17-15(11)16(25)21-18(22-17)29-23-13-7-5-12(6-8-13)20-19(26)27-10(2)3/h9-10,12H,4-8H2,1-3H3,(H,20,26)(H,21,22,25). The van der Waals surface area contributed by atoms with Crippen LogP contribution in [0.4, 0.5) is 4.79 Å². The molecule has 0 saturated heterocycles. The van der Waals surface area contributed by atoms with Gasteiger partial charge in [-0.05, 0) is 51.5 Å². The lowest BCUT2D eigenvalue weighted by Crippen LogP contribution is -2.39. The van der Waals surface area contributed by atoms with Gasteiger partial charge in [0.2, 0.25) is 5.71 Å². The largest absolute Gasteiger partial charge is 0.447 e. The number of carbonyl (C=O) groups excluding carboxylic acids is 1. The number of rotatable bonds is 5. The van der Waals surface area contributed by atoms with Crippen LogP contribution in [0.3, 0.4) is 0 Å². The molecule has 1 amide bonds. The number of ether oxygens (including phenoxy) is 1. The summed E-state index contributed by atoms with van der Waals surface area (Å²) in [6.45, 7) is 5.42. The maximum Gasteiger partial charge on any atom is 0.407 e. The maximum absolute atomic E-state index is 12.3. The van der Waals surface area contributed by atoms with Crippen LogP contribution >= 0.6 is 0 Å². The number of aromatic amines is 1. The van der Waals surface area contributed by atoms with Gasteiger partial charge in [-0.1, -0.05) is 12.1 Å². The second-order valence-electron chi connectivity index (χ2n) is 7.12. The van der Waals surface area contributed by atoms with Crippen molar-refractivity contribution in [2.24, 2.45) is 5.16 Å². The molecular formula is C19H24N4O6.